The Labute approximate surface area is 142 Å². The summed E-state index contributed by atoms with van der Waals surface area (Å²) in [5.74, 6) is 0. The minimum Gasteiger partial charge on any atom is -0.380 e. The van der Waals surface area contributed by atoms with E-state index in [1.54, 1.807) is 0 Å². The average Bonchev–Trinajstić information content (AvgIpc) is 3.08. The highest BCUT2D eigenvalue weighted by Gasteiger charge is 2.59. The number of hydrogen-bond acceptors (Lipinski definition) is 4. The van der Waals surface area contributed by atoms with Crippen molar-refractivity contribution in [3.8, 4) is 0 Å². The first-order chi connectivity index (χ1) is 11.2. The van der Waals surface area contributed by atoms with Crippen LogP contribution >= 0.6 is 0 Å². The largest absolute Gasteiger partial charge is 0.418 e. The Morgan fingerprint density at radius 1 is 0.880 bits per heavy atom. The van der Waals surface area contributed by atoms with Crippen LogP contribution in [0.5, 0.6) is 0 Å². The van der Waals surface area contributed by atoms with Crippen LogP contribution in [0.4, 0.5) is 26.3 Å². The summed E-state index contributed by atoms with van der Waals surface area (Å²) in [6.45, 7) is 2.91. The van der Waals surface area contributed by atoms with Gasteiger partial charge in [-0.1, -0.05) is 32.3 Å². The van der Waals surface area contributed by atoms with Crippen molar-refractivity contribution in [1.82, 2.24) is 0 Å². The second kappa shape index (κ2) is 7.43. The summed E-state index contributed by atoms with van der Waals surface area (Å²) in [5, 5.41) is 9.29. The molecule has 0 aromatic rings. The molecule has 0 atom stereocenters. The lowest BCUT2D eigenvalue weighted by atomic mass is 10.0. The van der Waals surface area contributed by atoms with Gasteiger partial charge in [0.1, 0.15) is 0 Å². The van der Waals surface area contributed by atoms with Crippen LogP contribution in [0, 0.1) is 0 Å². The molecule has 0 aromatic carbocycles. The molecule has 2 fully saturated rings. The molecule has 2 saturated carbocycles. The maximum Gasteiger partial charge on any atom is 0.418 e. The quantitative estimate of drug-likeness (QED) is 0.572. The van der Waals surface area contributed by atoms with Gasteiger partial charge in [-0.15, -0.1) is 0 Å². The Hall–Kier alpha value is -0.810. The Kier molecular flexibility index (Phi) is 6.61. The molecule has 1 N–H and O–H groups in total. The molecule has 11 heteroatoms. The summed E-state index contributed by atoms with van der Waals surface area (Å²) < 4.78 is 99.8. The molecule has 148 valence electrons. The Morgan fingerprint density at radius 2 is 1.28 bits per heavy atom. The van der Waals surface area contributed by atoms with Gasteiger partial charge < -0.3 is 5.11 Å². The van der Waals surface area contributed by atoms with E-state index in [9.17, 15) is 34.8 Å². The number of hydrogen-bond donors (Lipinski definition) is 1. The van der Waals surface area contributed by atoms with Crippen LogP contribution in [0.2, 0.25) is 0 Å². The molecule has 4 nitrogen and oxygen atoms in total. The topological polar surface area (TPSA) is 63.6 Å². The van der Waals surface area contributed by atoms with E-state index >= 15 is 0 Å². The van der Waals surface area contributed by atoms with Crippen LogP contribution in [0.1, 0.15) is 51.4 Å². The van der Waals surface area contributed by atoms with E-state index in [0.717, 1.165) is 0 Å². The number of aliphatic hydroxyl groups is 1. The molecule has 0 unspecified atom stereocenters. The highest BCUT2D eigenvalue weighted by molar-refractivity contribution is 7.89. The van der Waals surface area contributed by atoms with Gasteiger partial charge in [0.05, 0.1) is 5.41 Å². The zero-order valence-electron chi connectivity index (χ0n) is 13.3. The predicted octanol–water partition coefficient (Wildman–Crippen LogP) is 4.21. The first-order valence-electron chi connectivity index (χ1n) is 7.62. The monoisotopic (exact) mass is 398 g/mol. The van der Waals surface area contributed by atoms with Gasteiger partial charge in [-0.2, -0.15) is 34.8 Å². The molecular weight excluding hydrogens is 378 g/mol. The molecular formula is C14H20F6O4S. The number of halogens is 6. The van der Waals surface area contributed by atoms with Crippen molar-refractivity contribution in [2.45, 2.75) is 74.9 Å². The standard InChI is InChI=1S/C8H11F3O3S.C6H9F3O/c1-2-15(12,13)14-7(8(9,10)11)5-3-4-6-7;7-6(8,9)5(10)3-1-2-4-5/h2H,1,3-6H2;10H,1-4H2. The summed E-state index contributed by atoms with van der Waals surface area (Å²) >= 11 is 0. The lowest BCUT2D eigenvalue weighted by molar-refractivity contribution is -0.257. The molecule has 2 rings (SSSR count). The van der Waals surface area contributed by atoms with Gasteiger partial charge >= 0.3 is 12.4 Å². The molecule has 25 heavy (non-hydrogen) atoms. The summed E-state index contributed by atoms with van der Waals surface area (Å²) in [6.07, 6.45) is -8.40. The van der Waals surface area contributed by atoms with E-state index in [0.29, 0.717) is 31.1 Å². The molecule has 2 aliphatic rings. The van der Waals surface area contributed by atoms with Crippen molar-refractivity contribution in [3.63, 3.8) is 0 Å². The normalized spacial score (nSPS) is 23.0. The molecule has 0 spiro atoms. The molecule has 0 radical (unpaired) electrons. The summed E-state index contributed by atoms with van der Waals surface area (Å²) in [7, 11) is -4.30. The third kappa shape index (κ3) is 5.33. The molecule has 0 amide bonds. The third-order valence-corrected chi connectivity index (χ3v) is 5.33. The van der Waals surface area contributed by atoms with E-state index in [1.807, 2.05) is 0 Å². The van der Waals surface area contributed by atoms with Gasteiger partial charge in [-0.3, -0.25) is 4.18 Å². The van der Waals surface area contributed by atoms with Crippen LogP contribution in [0.3, 0.4) is 0 Å². The van der Waals surface area contributed by atoms with Crippen LogP contribution in [0.15, 0.2) is 12.0 Å². The molecule has 0 bridgehead atoms. The number of alkyl halides is 6. The highest BCUT2D eigenvalue weighted by Crippen LogP contribution is 2.46. The smallest absolute Gasteiger partial charge is 0.380 e. The summed E-state index contributed by atoms with van der Waals surface area (Å²) in [5.41, 5.74) is -4.91. The van der Waals surface area contributed by atoms with Crippen LogP contribution in [-0.4, -0.2) is 37.1 Å². The SMILES string of the molecule is C=CS(=O)(=O)OC1(C(F)(F)F)CCCC1.OC1(C(F)(F)F)CCCC1. The maximum atomic E-state index is 12.7. The van der Waals surface area contributed by atoms with Crippen molar-refractivity contribution in [3.05, 3.63) is 12.0 Å². The minimum atomic E-state index is -4.67. The lowest BCUT2D eigenvalue weighted by Gasteiger charge is -2.29. The molecule has 0 saturated heterocycles. The summed E-state index contributed by atoms with van der Waals surface area (Å²) in [4.78, 5) is 0. The van der Waals surface area contributed by atoms with E-state index in [2.05, 4.69) is 10.8 Å². The average molecular weight is 398 g/mol. The van der Waals surface area contributed by atoms with Crippen LogP contribution in [0.25, 0.3) is 0 Å². The Bertz CT molecular complexity index is 555. The molecule has 0 heterocycles. The zero-order valence-corrected chi connectivity index (χ0v) is 14.1. The first kappa shape index (κ1) is 22.2. The lowest BCUT2D eigenvalue weighted by Crippen LogP contribution is -2.46. The molecule has 2 aliphatic carbocycles. The Morgan fingerprint density at radius 3 is 1.56 bits per heavy atom. The van der Waals surface area contributed by atoms with Gasteiger partial charge in [0, 0.05) is 0 Å². The zero-order chi connectivity index (χ0) is 19.6. The second-order valence-electron chi connectivity index (χ2n) is 6.18. The maximum absolute atomic E-state index is 12.7. The second-order valence-corrected chi connectivity index (χ2v) is 7.66. The summed E-state index contributed by atoms with van der Waals surface area (Å²) in [6, 6.07) is 0. The first-order valence-corrected chi connectivity index (χ1v) is 9.09. The minimum absolute atomic E-state index is 0.128. The van der Waals surface area contributed by atoms with Crippen LogP contribution < -0.4 is 0 Å². The molecule has 0 aromatic heterocycles. The van der Waals surface area contributed by atoms with E-state index in [1.165, 1.54) is 0 Å². The van der Waals surface area contributed by atoms with Gasteiger partial charge in [0.15, 0.2) is 11.2 Å². The van der Waals surface area contributed by atoms with Crippen molar-refractivity contribution in [1.29, 1.82) is 0 Å². The van der Waals surface area contributed by atoms with Gasteiger partial charge in [0.2, 0.25) is 0 Å². The Balaban J connectivity index is 0.000000271. The number of rotatable bonds is 3. The van der Waals surface area contributed by atoms with E-state index < -0.39 is 33.7 Å². The fraction of sp³-hybridized carbons (Fsp3) is 0.857. The fourth-order valence-electron chi connectivity index (χ4n) is 2.86. The van der Waals surface area contributed by atoms with E-state index in [-0.39, 0.29) is 25.7 Å². The van der Waals surface area contributed by atoms with Gasteiger partial charge in [0.25, 0.3) is 10.1 Å². The van der Waals surface area contributed by atoms with Crippen molar-refractivity contribution in [2.75, 3.05) is 0 Å². The van der Waals surface area contributed by atoms with Crippen molar-refractivity contribution in [2.24, 2.45) is 0 Å². The van der Waals surface area contributed by atoms with E-state index in [4.69, 9.17) is 5.11 Å². The fourth-order valence-corrected chi connectivity index (χ4v) is 3.63. The highest BCUT2D eigenvalue weighted by atomic mass is 32.2. The third-order valence-electron chi connectivity index (χ3n) is 4.37. The van der Waals surface area contributed by atoms with Crippen molar-refractivity contribution >= 4 is 10.1 Å². The predicted molar refractivity (Wildman–Crippen MR) is 76.9 cm³/mol. The van der Waals surface area contributed by atoms with Gasteiger partial charge in [-0.05, 0) is 25.7 Å². The van der Waals surface area contributed by atoms with Gasteiger partial charge in [-0.25, -0.2) is 0 Å². The van der Waals surface area contributed by atoms with Crippen molar-refractivity contribution < 1.29 is 44.0 Å². The molecule has 0 aliphatic heterocycles. The van der Waals surface area contributed by atoms with Crippen LogP contribution in [-0.2, 0) is 14.3 Å².